The Morgan fingerprint density at radius 2 is 0.831 bits per heavy atom. The number of aryl methyl sites for hydroxylation is 1. The van der Waals surface area contributed by atoms with E-state index in [1.165, 1.54) is 123 Å². The van der Waals surface area contributed by atoms with Gasteiger partial charge in [0.15, 0.2) is 12.4 Å². The van der Waals surface area contributed by atoms with Crippen LogP contribution in [0.4, 0.5) is 5.69 Å². The molecule has 1 aromatic heterocycles. The second-order valence-corrected chi connectivity index (χ2v) is 18.0. The first-order valence-electron chi connectivity index (χ1n) is 21.3. The molecular weight excluding hydrogens is 745 g/mol. The quantitative estimate of drug-likeness (QED) is 0.0579. The summed E-state index contributed by atoms with van der Waals surface area (Å²) in [6.45, 7) is 7.47. The molecule has 0 spiro atoms. The second kappa shape index (κ2) is 15.1. The Hall–Kier alpha value is -5.82. The minimum absolute atomic E-state index is 0.203. The van der Waals surface area contributed by atoms with Crippen molar-refractivity contribution >= 4 is 113 Å². The lowest BCUT2D eigenvalue weighted by molar-refractivity contribution is -0.696. The summed E-state index contributed by atoms with van der Waals surface area (Å²) in [6.07, 6.45) is 10.2. The molecule has 0 fully saturated rings. The monoisotopic (exact) mass is 793 g/mol. The topological polar surface area (TPSA) is 61.5 Å². The molecule has 0 aliphatic heterocycles. The fraction of sp³-hybridized carbons (Fsp3) is 0.226. The van der Waals surface area contributed by atoms with Crippen molar-refractivity contribution in [3.8, 4) is 0 Å². The average molecular weight is 794 g/mol. The van der Waals surface area contributed by atoms with Crippen LogP contribution in [-0.2, 0) is 16.7 Å². The number of anilines is 1. The summed E-state index contributed by atoms with van der Waals surface area (Å²) in [7, 11) is -3.92. The van der Waals surface area contributed by atoms with Crippen molar-refractivity contribution in [2.45, 2.75) is 58.9 Å². The Labute approximate surface area is 345 Å². The van der Waals surface area contributed by atoms with Crippen LogP contribution in [0.2, 0.25) is 0 Å². The van der Waals surface area contributed by atoms with Crippen LogP contribution >= 0.6 is 0 Å². The number of fused-ring (bicyclic) bond motifs is 17. The van der Waals surface area contributed by atoms with Gasteiger partial charge in [0.05, 0.1) is 5.75 Å². The van der Waals surface area contributed by atoms with Crippen molar-refractivity contribution < 1.29 is 17.5 Å². The third kappa shape index (κ3) is 6.69. The van der Waals surface area contributed by atoms with Crippen molar-refractivity contribution in [3.63, 3.8) is 0 Å². The summed E-state index contributed by atoms with van der Waals surface area (Å²) in [4.78, 5) is 2.57. The normalized spacial score (nSPS) is 12.5. The number of hydrogen-bond acceptors (Lipinski definition) is 3. The van der Waals surface area contributed by atoms with Crippen LogP contribution in [0.3, 0.4) is 0 Å². The molecule has 294 valence electrons. The molecule has 0 bridgehead atoms. The summed E-state index contributed by atoms with van der Waals surface area (Å²) in [5.41, 5.74) is 1.33. The van der Waals surface area contributed by atoms with Gasteiger partial charge >= 0.3 is 0 Å². The lowest BCUT2D eigenvalue weighted by atomic mass is 9.90. The zero-order chi connectivity index (χ0) is 40.3. The van der Waals surface area contributed by atoms with Gasteiger partial charge in [-0.3, -0.25) is 4.55 Å². The summed E-state index contributed by atoms with van der Waals surface area (Å²) in [6, 6.07) is 46.1. The summed E-state index contributed by atoms with van der Waals surface area (Å²) in [5, 5.41) is 22.7. The van der Waals surface area contributed by atoms with E-state index in [1.807, 2.05) is 0 Å². The first-order valence-corrected chi connectivity index (χ1v) is 23.0. The zero-order valence-corrected chi connectivity index (χ0v) is 34.7. The standard InChI is InChI=1S/C53H48N2O3S/c1-3-5-29-55(30-6-4-2)37-11-14-38-35(33-37)9-12-42-40(38)15-17-46-44(42)19-21-50-48(46)23-25-53-51-22-20-45-43-13-10-36-34-54(28-7-8-32-59(56,57)58)31-27-39(36)41(43)16-18-47(45)49(51)24-26-52(50)53/h9-27,31,33-34H,3-8,28-30,32H2,1-2H3/p+1. The number of pyridine rings is 1. The Kier molecular flexibility index (Phi) is 9.58. The van der Waals surface area contributed by atoms with E-state index in [4.69, 9.17) is 4.55 Å². The maximum atomic E-state index is 11.1. The van der Waals surface area contributed by atoms with Gasteiger partial charge in [-0.1, -0.05) is 124 Å². The maximum Gasteiger partial charge on any atom is 0.264 e. The van der Waals surface area contributed by atoms with Crippen LogP contribution in [0, 0.1) is 0 Å². The third-order valence-electron chi connectivity index (χ3n) is 12.8. The molecule has 0 atom stereocenters. The number of hydrogen-bond donors (Lipinski definition) is 1. The van der Waals surface area contributed by atoms with E-state index >= 15 is 0 Å². The molecule has 0 saturated heterocycles. The molecule has 9 aromatic carbocycles. The van der Waals surface area contributed by atoms with Gasteiger partial charge in [0.25, 0.3) is 10.1 Å². The first-order chi connectivity index (χ1) is 28.8. The van der Waals surface area contributed by atoms with Gasteiger partial charge in [0, 0.05) is 42.0 Å². The number of aromatic nitrogens is 1. The van der Waals surface area contributed by atoms with E-state index in [2.05, 4.69) is 157 Å². The number of rotatable bonds is 12. The van der Waals surface area contributed by atoms with Gasteiger partial charge in [-0.15, -0.1) is 0 Å². The smallest absolute Gasteiger partial charge is 0.264 e. The van der Waals surface area contributed by atoms with E-state index in [1.54, 1.807) is 0 Å². The van der Waals surface area contributed by atoms with Gasteiger partial charge in [-0.05, 0) is 124 Å². The number of unbranched alkanes of at least 4 members (excludes halogenated alkanes) is 3. The molecule has 0 aliphatic rings. The molecule has 0 unspecified atom stereocenters. The first kappa shape index (κ1) is 37.5. The molecule has 5 nitrogen and oxygen atoms in total. The molecular formula is C53H49N2O3S+. The molecule has 1 heterocycles. The highest BCUT2D eigenvalue weighted by Crippen LogP contribution is 2.41. The van der Waals surface area contributed by atoms with E-state index in [9.17, 15) is 8.42 Å². The minimum atomic E-state index is -3.92. The Balaban J connectivity index is 1.02. The zero-order valence-electron chi connectivity index (χ0n) is 33.8. The van der Waals surface area contributed by atoms with Gasteiger partial charge in [-0.2, -0.15) is 8.42 Å². The molecule has 10 aromatic rings. The van der Waals surface area contributed by atoms with Gasteiger partial charge in [-0.25, -0.2) is 4.57 Å². The molecule has 0 saturated carbocycles. The fourth-order valence-electron chi connectivity index (χ4n) is 9.74. The third-order valence-corrected chi connectivity index (χ3v) is 13.6. The second-order valence-electron chi connectivity index (χ2n) is 16.5. The highest BCUT2D eigenvalue weighted by Gasteiger charge is 2.15. The highest BCUT2D eigenvalue weighted by atomic mass is 32.2. The summed E-state index contributed by atoms with van der Waals surface area (Å²) < 4.78 is 33.4. The lowest BCUT2D eigenvalue weighted by Crippen LogP contribution is -2.32. The van der Waals surface area contributed by atoms with Crippen molar-refractivity contribution in [1.82, 2.24) is 0 Å². The Bertz CT molecular complexity index is 3400. The molecule has 59 heavy (non-hydrogen) atoms. The minimum Gasteiger partial charge on any atom is -0.372 e. The average Bonchev–Trinajstić information content (AvgIpc) is 3.26. The van der Waals surface area contributed by atoms with E-state index < -0.39 is 10.1 Å². The fourth-order valence-corrected chi connectivity index (χ4v) is 10.3. The van der Waals surface area contributed by atoms with E-state index in [-0.39, 0.29) is 5.75 Å². The van der Waals surface area contributed by atoms with Crippen molar-refractivity contribution in [3.05, 3.63) is 134 Å². The Morgan fingerprint density at radius 1 is 0.458 bits per heavy atom. The summed E-state index contributed by atoms with van der Waals surface area (Å²) in [5.74, 6) is -0.203. The molecule has 1 N–H and O–H groups in total. The van der Waals surface area contributed by atoms with Crippen LogP contribution in [0.1, 0.15) is 52.4 Å². The predicted molar refractivity (Wildman–Crippen MR) is 252 cm³/mol. The van der Waals surface area contributed by atoms with Crippen LogP contribution in [-0.4, -0.2) is 31.8 Å². The SMILES string of the molecule is CCCCN(CCCC)c1ccc2c(ccc3c2ccc2c3ccc3c2ccc2c4ccc5c6ccc7c[n+](CCCCS(=O)(=O)O)ccc7c6ccc5c4ccc32)c1. The van der Waals surface area contributed by atoms with Gasteiger partial charge in [0.1, 0.15) is 6.54 Å². The highest BCUT2D eigenvalue weighted by molar-refractivity contribution is 7.85. The summed E-state index contributed by atoms with van der Waals surface area (Å²) >= 11 is 0. The van der Waals surface area contributed by atoms with E-state index in [0.29, 0.717) is 19.4 Å². The molecule has 0 aliphatic carbocycles. The Morgan fingerprint density at radius 3 is 1.25 bits per heavy atom. The van der Waals surface area contributed by atoms with Gasteiger partial charge < -0.3 is 4.90 Å². The predicted octanol–water partition coefficient (Wildman–Crippen LogP) is 13.4. The van der Waals surface area contributed by atoms with Gasteiger partial charge in [0.2, 0.25) is 0 Å². The number of benzene rings is 9. The van der Waals surface area contributed by atoms with E-state index in [0.717, 1.165) is 18.5 Å². The molecule has 6 heteroatoms. The van der Waals surface area contributed by atoms with Crippen LogP contribution in [0.5, 0.6) is 0 Å². The molecule has 10 rings (SSSR count). The largest absolute Gasteiger partial charge is 0.372 e. The van der Waals surface area contributed by atoms with Crippen LogP contribution in [0.15, 0.2) is 134 Å². The van der Waals surface area contributed by atoms with Crippen molar-refractivity contribution in [2.75, 3.05) is 23.7 Å². The molecule has 0 amide bonds. The van der Waals surface area contributed by atoms with Crippen molar-refractivity contribution in [1.29, 1.82) is 0 Å². The maximum absolute atomic E-state index is 11.1. The molecule has 0 radical (unpaired) electrons. The lowest BCUT2D eigenvalue weighted by Gasteiger charge is -2.25. The van der Waals surface area contributed by atoms with Crippen LogP contribution < -0.4 is 9.47 Å². The van der Waals surface area contributed by atoms with Crippen LogP contribution in [0.25, 0.3) is 97.0 Å². The van der Waals surface area contributed by atoms with Crippen molar-refractivity contribution in [2.24, 2.45) is 0 Å². The number of nitrogens with zero attached hydrogens (tertiary/aromatic N) is 2.